The molecule has 4 rings (SSSR count). The van der Waals surface area contributed by atoms with Crippen molar-refractivity contribution in [3.8, 4) is 5.75 Å². The molecule has 0 radical (unpaired) electrons. The molecule has 38 heavy (non-hydrogen) atoms. The van der Waals surface area contributed by atoms with Crippen molar-refractivity contribution in [2.75, 3.05) is 30.2 Å². The molecule has 0 bridgehead atoms. The Kier molecular flexibility index (Phi) is 8.10. The Morgan fingerprint density at radius 1 is 0.895 bits per heavy atom. The summed E-state index contributed by atoms with van der Waals surface area (Å²) in [5.74, 6) is -0.297. The number of anilines is 2. The van der Waals surface area contributed by atoms with Crippen LogP contribution in [0.4, 0.5) is 11.4 Å². The Hall–Kier alpha value is -3.41. The Balaban J connectivity index is 1.42. The quantitative estimate of drug-likeness (QED) is 0.429. The van der Waals surface area contributed by atoms with Crippen LogP contribution in [0.2, 0.25) is 0 Å². The van der Waals surface area contributed by atoms with Gasteiger partial charge in [0, 0.05) is 18.8 Å². The van der Waals surface area contributed by atoms with Crippen LogP contribution in [-0.4, -0.2) is 47.2 Å². The number of methoxy groups -OCH3 is 1. The molecule has 0 aliphatic carbocycles. The monoisotopic (exact) mass is 557 g/mol. The van der Waals surface area contributed by atoms with E-state index in [0.29, 0.717) is 36.5 Å². The Morgan fingerprint density at radius 3 is 2.11 bits per heavy atom. The molecule has 1 fully saturated rings. The number of carbonyl (C=O) groups excluding carboxylic acids is 1. The Morgan fingerprint density at radius 2 is 1.50 bits per heavy atom. The number of piperidine rings is 1. The van der Waals surface area contributed by atoms with Gasteiger partial charge in [-0.25, -0.2) is 16.8 Å². The first-order chi connectivity index (χ1) is 18.0. The van der Waals surface area contributed by atoms with Crippen molar-refractivity contribution in [1.29, 1.82) is 0 Å². The molecule has 1 aliphatic rings. The second-order valence-corrected chi connectivity index (χ2v) is 12.9. The van der Waals surface area contributed by atoms with E-state index in [1.165, 1.54) is 47.8 Å². The number of hydrogen-bond donors (Lipinski definition) is 2. The van der Waals surface area contributed by atoms with E-state index in [2.05, 4.69) is 10.0 Å². The third kappa shape index (κ3) is 6.01. The number of carbonyl (C=O) groups is 1. The van der Waals surface area contributed by atoms with Crippen molar-refractivity contribution in [2.45, 2.75) is 36.5 Å². The van der Waals surface area contributed by atoms with Crippen LogP contribution in [0.3, 0.4) is 0 Å². The molecule has 0 aromatic heterocycles. The van der Waals surface area contributed by atoms with Gasteiger partial charge in [-0.05, 0) is 86.3 Å². The molecule has 0 unspecified atom stereocenters. The fourth-order valence-electron chi connectivity index (χ4n) is 4.40. The predicted octanol–water partition coefficient (Wildman–Crippen LogP) is 4.15. The van der Waals surface area contributed by atoms with E-state index in [4.69, 9.17) is 4.74 Å². The number of para-hydroxylation sites is 1. The standard InChI is InChI=1S/C27H31N3O6S2/c1-19-6-4-7-20(2)26(19)29-37(32,33)24-13-9-22(10-14-24)28-27(31)21-8-5-17-30(18-21)38(34,35)25-15-11-23(36-3)12-16-25/h4,6-7,9-16,21,29H,5,8,17-18H2,1-3H3,(H,28,31)/t21-/m1/s1. The highest BCUT2D eigenvalue weighted by Gasteiger charge is 2.33. The number of sulfonamides is 2. The van der Waals surface area contributed by atoms with Gasteiger partial charge in [0.2, 0.25) is 15.9 Å². The largest absolute Gasteiger partial charge is 0.497 e. The van der Waals surface area contributed by atoms with Gasteiger partial charge >= 0.3 is 0 Å². The van der Waals surface area contributed by atoms with Crippen molar-refractivity contribution in [3.05, 3.63) is 77.9 Å². The summed E-state index contributed by atoms with van der Waals surface area (Å²) < 4.78 is 61.1. The van der Waals surface area contributed by atoms with Gasteiger partial charge in [0.05, 0.1) is 28.5 Å². The van der Waals surface area contributed by atoms with Crippen LogP contribution in [0, 0.1) is 19.8 Å². The highest BCUT2D eigenvalue weighted by molar-refractivity contribution is 7.92. The molecule has 3 aromatic carbocycles. The lowest BCUT2D eigenvalue weighted by Crippen LogP contribution is -2.43. The van der Waals surface area contributed by atoms with Gasteiger partial charge in [0.1, 0.15) is 5.75 Å². The summed E-state index contributed by atoms with van der Waals surface area (Å²) in [6, 6.07) is 17.6. The van der Waals surface area contributed by atoms with E-state index in [1.807, 2.05) is 32.0 Å². The smallest absolute Gasteiger partial charge is 0.261 e. The van der Waals surface area contributed by atoms with Crippen LogP contribution >= 0.6 is 0 Å². The van der Waals surface area contributed by atoms with Crippen LogP contribution in [0.5, 0.6) is 5.75 Å². The van der Waals surface area contributed by atoms with Gasteiger partial charge in [0.15, 0.2) is 0 Å². The second kappa shape index (κ2) is 11.1. The summed E-state index contributed by atoms with van der Waals surface area (Å²) in [7, 11) is -6.07. The van der Waals surface area contributed by atoms with Gasteiger partial charge in [-0.3, -0.25) is 9.52 Å². The van der Waals surface area contributed by atoms with Crippen LogP contribution in [0.15, 0.2) is 76.5 Å². The lowest BCUT2D eigenvalue weighted by atomic mass is 9.99. The molecular weight excluding hydrogens is 526 g/mol. The van der Waals surface area contributed by atoms with Gasteiger partial charge in [-0.2, -0.15) is 4.31 Å². The topological polar surface area (TPSA) is 122 Å². The summed E-state index contributed by atoms with van der Waals surface area (Å²) in [5.41, 5.74) is 2.59. The SMILES string of the molecule is COc1ccc(S(=O)(=O)N2CCC[C@@H](C(=O)Nc3ccc(S(=O)(=O)Nc4c(C)cccc4C)cc3)C2)cc1. The summed E-state index contributed by atoms with van der Waals surface area (Å²) >= 11 is 0. The number of hydrogen-bond acceptors (Lipinski definition) is 6. The van der Waals surface area contributed by atoms with E-state index in [0.717, 1.165) is 11.1 Å². The van der Waals surface area contributed by atoms with Crippen LogP contribution < -0.4 is 14.8 Å². The second-order valence-electron chi connectivity index (χ2n) is 9.26. The van der Waals surface area contributed by atoms with E-state index in [9.17, 15) is 21.6 Å². The van der Waals surface area contributed by atoms with Crippen molar-refractivity contribution in [1.82, 2.24) is 4.31 Å². The summed E-state index contributed by atoms with van der Waals surface area (Å²) in [5, 5.41) is 2.79. The molecule has 1 atom stereocenters. The average molecular weight is 558 g/mol. The van der Waals surface area contributed by atoms with Gasteiger partial charge in [0.25, 0.3) is 10.0 Å². The number of nitrogens with zero attached hydrogens (tertiary/aromatic N) is 1. The zero-order valence-electron chi connectivity index (χ0n) is 21.5. The third-order valence-corrected chi connectivity index (χ3v) is 9.85. The minimum absolute atomic E-state index is 0.0619. The number of aryl methyl sites for hydroxylation is 2. The first-order valence-corrected chi connectivity index (χ1v) is 15.1. The van der Waals surface area contributed by atoms with Crippen LogP contribution in [0.25, 0.3) is 0 Å². The van der Waals surface area contributed by atoms with Crippen LogP contribution in [-0.2, 0) is 24.8 Å². The molecule has 0 spiro atoms. The molecule has 1 heterocycles. The summed E-state index contributed by atoms with van der Waals surface area (Å²) in [4.78, 5) is 13.2. The molecule has 9 nitrogen and oxygen atoms in total. The minimum atomic E-state index is -3.82. The molecule has 11 heteroatoms. The highest BCUT2D eigenvalue weighted by atomic mass is 32.2. The van der Waals surface area contributed by atoms with Crippen molar-refractivity contribution in [2.24, 2.45) is 5.92 Å². The van der Waals surface area contributed by atoms with Gasteiger partial charge in [-0.15, -0.1) is 0 Å². The first-order valence-electron chi connectivity index (χ1n) is 12.2. The molecule has 3 aromatic rings. The highest BCUT2D eigenvalue weighted by Crippen LogP contribution is 2.27. The lowest BCUT2D eigenvalue weighted by Gasteiger charge is -2.31. The van der Waals surface area contributed by atoms with Crippen LogP contribution in [0.1, 0.15) is 24.0 Å². The normalized spacial score (nSPS) is 16.6. The minimum Gasteiger partial charge on any atom is -0.497 e. The maximum absolute atomic E-state index is 13.1. The molecule has 2 N–H and O–H groups in total. The number of amides is 1. The zero-order chi connectivity index (χ0) is 27.5. The number of ether oxygens (including phenoxy) is 1. The maximum atomic E-state index is 13.1. The molecule has 1 aliphatic heterocycles. The third-order valence-electron chi connectivity index (χ3n) is 6.60. The Bertz CT molecular complexity index is 1500. The summed E-state index contributed by atoms with van der Waals surface area (Å²) in [6.07, 6.45) is 1.10. The van der Waals surface area contributed by atoms with Crippen molar-refractivity contribution >= 4 is 37.3 Å². The van der Waals surface area contributed by atoms with E-state index in [1.54, 1.807) is 12.1 Å². The van der Waals surface area contributed by atoms with Crippen molar-refractivity contribution in [3.63, 3.8) is 0 Å². The molecule has 202 valence electrons. The van der Waals surface area contributed by atoms with Gasteiger partial charge in [-0.1, -0.05) is 18.2 Å². The fraction of sp³-hybridized carbons (Fsp3) is 0.296. The fourth-order valence-corrected chi connectivity index (χ4v) is 7.13. The summed E-state index contributed by atoms with van der Waals surface area (Å²) in [6.45, 7) is 4.06. The molecule has 0 saturated carbocycles. The number of nitrogens with one attached hydrogen (secondary N) is 2. The van der Waals surface area contributed by atoms with Gasteiger partial charge < -0.3 is 10.1 Å². The molecule has 1 amide bonds. The number of benzene rings is 3. The predicted molar refractivity (Wildman–Crippen MR) is 146 cm³/mol. The average Bonchev–Trinajstić information content (AvgIpc) is 2.91. The van der Waals surface area contributed by atoms with Crippen molar-refractivity contribution < 1.29 is 26.4 Å². The molecule has 1 saturated heterocycles. The first kappa shape index (κ1) is 27.6. The van der Waals surface area contributed by atoms with E-state index >= 15 is 0 Å². The zero-order valence-corrected chi connectivity index (χ0v) is 23.1. The van der Waals surface area contributed by atoms with E-state index in [-0.39, 0.29) is 22.2 Å². The molecular formula is C27H31N3O6S2. The van der Waals surface area contributed by atoms with E-state index < -0.39 is 26.0 Å². The Labute approximate surface area is 223 Å². The number of rotatable bonds is 8. The lowest BCUT2D eigenvalue weighted by molar-refractivity contribution is -0.120. The maximum Gasteiger partial charge on any atom is 0.261 e.